The Labute approximate surface area is 149 Å². The maximum atomic E-state index is 13.4. The first-order valence-electron chi connectivity index (χ1n) is 8.08. The average Bonchev–Trinajstić information content (AvgIpc) is 2.60. The predicted octanol–water partition coefficient (Wildman–Crippen LogP) is 2.36. The van der Waals surface area contributed by atoms with Crippen molar-refractivity contribution in [2.75, 3.05) is 11.9 Å². The fraction of sp³-hybridized carbons (Fsp3) is 0.211. The van der Waals surface area contributed by atoms with E-state index in [1.54, 1.807) is 24.3 Å². The molecule has 26 heavy (non-hydrogen) atoms. The second-order valence-corrected chi connectivity index (χ2v) is 6.11. The highest BCUT2D eigenvalue weighted by molar-refractivity contribution is 6.01. The van der Waals surface area contributed by atoms with Gasteiger partial charge in [-0.3, -0.25) is 14.4 Å². The number of hydrogen-bond acceptors (Lipinski definition) is 3. The van der Waals surface area contributed by atoms with E-state index in [4.69, 9.17) is 0 Å². The molecule has 1 heterocycles. The van der Waals surface area contributed by atoms with E-state index in [9.17, 15) is 23.9 Å². The Hall–Kier alpha value is -3.22. The summed E-state index contributed by atoms with van der Waals surface area (Å²) in [6, 6.07) is 12.8. The summed E-state index contributed by atoms with van der Waals surface area (Å²) < 4.78 is 13.4. The zero-order valence-corrected chi connectivity index (χ0v) is 13.8. The predicted molar refractivity (Wildman–Crippen MR) is 91.9 cm³/mol. The van der Waals surface area contributed by atoms with E-state index in [0.29, 0.717) is 5.56 Å². The van der Waals surface area contributed by atoms with Gasteiger partial charge in [0.15, 0.2) is 0 Å². The van der Waals surface area contributed by atoms with Crippen molar-refractivity contribution in [3.05, 3.63) is 65.5 Å². The van der Waals surface area contributed by atoms with Crippen molar-refractivity contribution < 1.29 is 23.9 Å². The second kappa shape index (κ2) is 7.35. The van der Waals surface area contributed by atoms with Crippen molar-refractivity contribution >= 4 is 23.5 Å². The van der Waals surface area contributed by atoms with Crippen LogP contribution in [0.1, 0.15) is 23.5 Å². The van der Waals surface area contributed by atoms with Crippen molar-refractivity contribution in [2.24, 2.45) is 0 Å². The minimum atomic E-state index is -1.14. The van der Waals surface area contributed by atoms with Gasteiger partial charge >= 0.3 is 5.97 Å². The molecule has 7 heteroatoms. The fourth-order valence-electron chi connectivity index (χ4n) is 3.06. The molecule has 0 aliphatic carbocycles. The number of benzene rings is 2. The Morgan fingerprint density at radius 1 is 1.19 bits per heavy atom. The zero-order valence-electron chi connectivity index (χ0n) is 13.8. The van der Waals surface area contributed by atoms with Gasteiger partial charge in [0, 0.05) is 18.7 Å². The summed E-state index contributed by atoms with van der Waals surface area (Å²) in [5.41, 5.74) is 1.51. The van der Waals surface area contributed by atoms with Gasteiger partial charge in [-0.2, -0.15) is 0 Å². The number of carbonyl (C=O) groups excluding carboxylic acids is 2. The standard InChI is InChI=1S/C19H17FN2O4/c20-13-6-7-14-15(9-17(23)21-16(14)8-13)19(26)22(11-18(24)25)10-12-4-2-1-3-5-12/h1-8,15H,9-11H2,(H,21,23)(H,24,25). The van der Waals surface area contributed by atoms with E-state index >= 15 is 0 Å². The number of aliphatic carboxylic acids is 1. The number of carbonyl (C=O) groups is 3. The first-order chi connectivity index (χ1) is 12.4. The molecule has 0 spiro atoms. The smallest absolute Gasteiger partial charge is 0.323 e. The van der Waals surface area contributed by atoms with Crippen LogP contribution in [0.5, 0.6) is 0 Å². The highest BCUT2D eigenvalue weighted by Gasteiger charge is 2.34. The lowest BCUT2D eigenvalue weighted by molar-refractivity contribution is -0.146. The van der Waals surface area contributed by atoms with Crippen LogP contribution in [0.25, 0.3) is 0 Å². The number of nitrogens with zero attached hydrogens (tertiary/aromatic N) is 1. The molecule has 1 aliphatic rings. The van der Waals surface area contributed by atoms with Crippen LogP contribution >= 0.6 is 0 Å². The highest BCUT2D eigenvalue weighted by atomic mass is 19.1. The number of halogens is 1. The van der Waals surface area contributed by atoms with Crippen LogP contribution in [0.15, 0.2) is 48.5 Å². The summed E-state index contributed by atoms with van der Waals surface area (Å²) in [6.07, 6.45) is -0.109. The van der Waals surface area contributed by atoms with Gasteiger partial charge in [0.05, 0.1) is 5.92 Å². The minimum Gasteiger partial charge on any atom is -0.480 e. The van der Waals surface area contributed by atoms with Crippen molar-refractivity contribution in [3.8, 4) is 0 Å². The van der Waals surface area contributed by atoms with Gasteiger partial charge in [0.1, 0.15) is 12.4 Å². The quantitative estimate of drug-likeness (QED) is 0.861. The first kappa shape index (κ1) is 17.6. The topological polar surface area (TPSA) is 86.7 Å². The van der Waals surface area contributed by atoms with Gasteiger partial charge in [-0.25, -0.2) is 4.39 Å². The number of hydrogen-bond donors (Lipinski definition) is 2. The van der Waals surface area contributed by atoms with Crippen LogP contribution in [0.4, 0.5) is 10.1 Å². The van der Waals surface area contributed by atoms with Gasteiger partial charge < -0.3 is 15.3 Å². The van der Waals surface area contributed by atoms with Crippen LogP contribution in [0.3, 0.4) is 0 Å². The molecule has 2 N–H and O–H groups in total. The molecule has 1 unspecified atom stereocenters. The van der Waals surface area contributed by atoms with E-state index < -0.39 is 36.1 Å². The Kier molecular flexibility index (Phi) is 4.97. The molecule has 0 aromatic heterocycles. The normalized spacial score (nSPS) is 15.7. The van der Waals surface area contributed by atoms with Crippen LogP contribution < -0.4 is 5.32 Å². The molecule has 2 amide bonds. The number of carboxylic acids is 1. The zero-order chi connectivity index (χ0) is 18.7. The lowest BCUT2D eigenvalue weighted by Gasteiger charge is -2.30. The molecule has 0 fully saturated rings. The van der Waals surface area contributed by atoms with Crippen molar-refractivity contribution in [1.29, 1.82) is 0 Å². The molecule has 2 aromatic carbocycles. The third-order valence-corrected chi connectivity index (χ3v) is 4.21. The Bertz CT molecular complexity index is 854. The number of rotatable bonds is 5. The molecule has 0 saturated carbocycles. The van der Waals surface area contributed by atoms with Crippen LogP contribution in [-0.2, 0) is 20.9 Å². The van der Waals surface area contributed by atoms with Gasteiger partial charge in [-0.15, -0.1) is 0 Å². The molecule has 1 aliphatic heterocycles. The SMILES string of the molecule is O=C(O)CN(Cc1ccccc1)C(=O)C1CC(=O)Nc2cc(F)ccc21. The molecule has 0 bridgehead atoms. The third kappa shape index (κ3) is 3.88. The number of amides is 2. The summed E-state index contributed by atoms with van der Waals surface area (Å²) in [5.74, 6) is -3.39. The van der Waals surface area contributed by atoms with E-state index in [1.807, 2.05) is 6.07 Å². The summed E-state index contributed by atoms with van der Waals surface area (Å²) in [4.78, 5) is 37.4. The average molecular weight is 356 g/mol. The van der Waals surface area contributed by atoms with E-state index in [1.165, 1.54) is 17.0 Å². The van der Waals surface area contributed by atoms with Gasteiger partial charge in [0.25, 0.3) is 0 Å². The van der Waals surface area contributed by atoms with Crippen molar-refractivity contribution in [1.82, 2.24) is 4.90 Å². The van der Waals surface area contributed by atoms with Gasteiger partial charge in [-0.05, 0) is 23.3 Å². The third-order valence-electron chi connectivity index (χ3n) is 4.21. The van der Waals surface area contributed by atoms with E-state index in [0.717, 1.165) is 11.6 Å². The minimum absolute atomic E-state index is 0.109. The lowest BCUT2D eigenvalue weighted by atomic mass is 9.89. The Morgan fingerprint density at radius 2 is 1.92 bits per heavy atom. The summed E-state index contributed by atoms with van der Waals surface area (Å²) >= 11 is 0. The molecule has 2 aromatic rings. The molecule has 0 radical (unpaired) electrons. The van der Waals surface area contributed by atoms with Gasteiger partial charge in [0.2, 0.25) is 11.8 Å². The molecule has 6 nitrogen and oxygen atoms in total. The monoisotopic (exact) mass is 356 g/mol. The number of nitrogens with one attached hydrogen (secondary N) is 1. The Balaban J connectivity index is 1.91. The first-order valence-corrected chi connectivity index (χ1v) is 8.08. The van der Waals surface area contributed by atoms with Crippen LogP contribution in [0, 0.1) is 5.82 Å². The highest BCUT2D eigenvalue weighted by Crippen LogP contribution is 2.34. The maximum Gasteiger partial charge on any atom is 0.323 e. The second-order valence-electron chi connectivity index (χ2n) is 6.11. The summed E-state index contributed by atoms with van der Waals surface area (Å²) in [6.45, 7) is -0.372. The van der Waals surface area contributed by atoms with E-state index in [-0.39, 0.29) is 18.7 Å². The van der Waals surface area contributed by atoms with Crippen LogP contribution in [0.2, 0.25) is 0 Å². The van der Waals surface area contributed by atoms with Gasteiger partial charge in [-0.1, -0.05) is 36.4 Å². The Morgan fingerprint density at radius 3 is 2.62 bits per heavy atom. The van der Waals surface area contributed by atoms with Crippen molar-refractivity contribution in [2.45, 2.75) is 18.9 Å². The fourth-order valence-corrected chi connectivity index (χ4v) is 3.06. The molecular weight excluding hydrogens is 339 g/mol. The van der Waals surface area contributed by atoms with Crippen LogP contribution in [-0.4, -0.2) is 34.3 Å². The number of carboxylic acid groups (broad SMARTS) is 1. The maximum absolute atomic E-state index is 13.4. The summed E-state index contributed by atoms with van der Waals surface area (Å²) in [5, 5.41) is 11.7. The lowest BCUT2D eigenvalue weighted by Crippen LogP contribution is -2.41. The largest absolute Gasteiger partial charge is 0.480 e. The molecule has 3 rings (SSSR count). The summed E-state index contributed by atoms with van der Waals surface area (Å²) in [7, 11) is 0. The molecule has 0 saturated heterocycles. The van der Waals surface area contributed by atoms with E-state index in [2.05, 4.69) is 5.32 Å². The molecular formula is C19H17FN2O4. The molecule has 134 valence electrons. The number of anilines is 1. The van der Waals surface area contributed by atoms with Crippen molar-refractivity contribution in [3.63, 3.8) is 0 Å². The number of fused-ring (bicyclic) bond motifs is 1. The molecule has 1 atom stereocenters.